The van der Waals surface area contributed by atoms with Crippen molar-refractivity contribution in [2.24, 2.45) is 0 Å². The molecule has 0 bridgehead atoms. The summed E-state index contributed by atoms with van der Waals surface area (Å²) in [5, 5.41) is 9.58. The topological polar surface area (TPSA) is 41.8 Å². The normalized spacial score (nSPS) is 14.4. The van der Waals surface area contributed by atoms with Gasteiger partial charge in [-0.25, -0.2) is 0 Å². The minimum Gasteiger partial charge on any atom is -0.472 e. The molecule has 2 heterocycles. The van der Waals surface area contributed by atoms with Crippen LogP contribution in [0.15, 0.2) is 35.2 Å². The fourth-order valence-corrected chi connectivity index (χ4v) is 2.10. The maximum Gasteiger partial charge on any atom is 0.0978 e. The van der Waals surface area contributed by atoms with E-state index in [9.17, 15) is 0 Å². The molecule has 80 valence electrons. The van der Waals surface area contributed by atoms with E-state index in [0.717, 1.165) is 23.0 Å². The Hall–Kier alpha value is -2.03. The molecule has 3 heteroatoms. The van der Waals surface area contributed by atoms with Crippen LogP contribution < -0.4 is 10.6 Å². The Balaban J connectivity index is 2.42. The van der Waals surface area contributed by atoms with Crippen LogP contribution in [0, 0.1) is 6.92 Å². The van der Waals surface area contributed by atoms with Gasteiger partial charge in [-0.15, -0.1) is 0 Å². The van der Waals surface area contributed by atoms with Gasteiger partial charge < -0.3 is 4.42 Å². The number of allylic oxidation sites excluding steroid dienone is 2. The molecule has 0 fully saturated rings. The van der Waals surface area contributed by atoms with Crippen molar-refractivity contribution in [1.82, 2.24) is 10.2 Å². The third-order valence-corrected chi connectivity index (χ3v) is 2.87. The monoisotopic (exact) mass is 212 g/mol. The molecule has 1 N–H and O–H groups in total. The lowest BCUT2D eigenvalue weighted by atomic mass is 10.0. The molecule has 3 rings (SSSR count). The fraction of sp³-hybridized carbons (Fsp3) is 0.154. The van der Waals surface area contributed by atoms with E-state index >= 15 is 0 Å². The predicted octanol–water partition coefficient (Wildman–Crippen LogP) is 1.25. The fourth-order valence-electron chi connectivity index (χ4n) is 2.10. The average molecular weight is 212 g/mol. The Bertz CT molecular complexity index is 645. The van der Waals surface area contributed by atoms with Crippen molar-refractivity contribution in [2.75, 3.05) is 0 Å². The lowest BCUT2D eigenvalue weighted by Crippen LogP contribution is -2.26. The highest BCUT2D eigenvalue weighted by Gasteiger charge is 2.08. The summed E-state index contributed by atoms with van der Waals surface area (Å²) in [4.78, 5) is 0. The van der Waals surface area contributed by atoms with Gasteiger partial charge in [-0.2, -0.15) is 5.10 Å². The summed E-state index contributed by atoms with van der Waals surface area (Å²) in [6, 6.07) is 1.99. The summed E-state index contributed by atoms with van der Waals surface area (Å²) in [6.07, 6.45) is 10.7. The first-order valence-corrected chi connectivity index (χ1v) is 5.30. The number of fused-ring (bicyclic) bond motifs is 1. The van der Waals surface area contributed by atoms with Crippen molar-refractivity contribution >= 4 is 11.6 Å². The van der Waals surface area contributed by atoms with Crippen molar-refractivity contribution in [3.63, 3.8) is 0 Å². The Morgan fingerprint density at radius 3 is 3.19 bits per heavy atom. The number of nitrogens with one attached hydrogen (secondary N) is 1. The van der Waals surface area contributed by atoms with Crippen molar-refractivity contribution in [3.8, 4) is 0 Å². The third-order valence-electron chi connectivity index (χ3n) is 2.87. The van der Waals surface area contributed by atoms with Crippen molar-refractivity contribution in [1.29, 1.82) is 0 Å². The van der Waals surface area contributed by atoms with Crippen LogP contribution in [-0.4, -0.2) is 10.2 Å². The Morgan fingerprint density at radius 1 is 1.44 bits per heavy atom. The second-order valence-corrected chi connectivity index (χ2v) is 3.89. The summed E-state index contributed by atoms with van der Waals surface area (Å²) in [6.45, 7) is 2.02. The van der Waals surface area contributed by atoms with Gasteiger partial charge in [0.15, 0.2) is 0 Å². The van der Waals surface area contributed by atoms with E-state index in [-0.39, 0.29) is 0 Å². The minimum atomic E-state index is 0.906. The van der Waals surface area contributed by atoms with Crippen molar-refractivity contribution in [2.45, 2.75) is 13.3 Å². The summed E-state index contributed by atoms with van der Waals surface area (Å²) in [7, 11) is 0. The summed E-state index contributed by atoms with van der Waals surface area (Å²) >= 11 is 0. The molecule has 0 aromatic carbocycles. The van der Waals surface area contributed by atoms with Crippen LogP contribution in [0.5, 0.6) is 0 Å². The van der Waals surface area contributed by atoms with E-state index < -0.39 is 0 Å². The standard InChI is InChI=1S/C13H12N2O/c1-9-13-11(10-6-7-16-8-10)4-2-3-5-12(13)15-14-9/h2-3,5-8,15H,4H2,1H3. The molecule has 0 unspecified atom stereocenters. The maximum absolute atomic E-state index is 5.15. The van der Waals surface area contributed by atoms with E-state index in [1.807, 2.05) is 13.0 Å². The van der Waals surface area contributed by atoms with Gasteiger partial charge in [0.2, 0.25) is 0 Å². The van der Waals surface area contributed by atoms with Crippen LogP contribution in [-0.2, 0) is 0 Å². The molecular formula is C13H12N2O. The molecule has 0 atom stereocenters. The summed E-state index contributed by atoms with van der Waals surface area (Å²) in [5.74, 6) is 0. The molecule has 0 saturated heterocycles. The number of aromatic amines is 1. The summed E-state index contributed by atoms with van der Waals surface area (Å²) < 4.78 is 5.15. The number of aryl methyl sites for hydroxylation is 1. The van der Waals surface area contributed by atoms with Gasteiger partial charge in [-0.3, -0.25) is 5.10 Å². The van der Waals surface area contributed by atoms with Crippen LogP contribution in [0.3, 0.4) is 0 Å². The number of rotatable bonds is 1. The van der Waals surface area contributed by atoms with Crippen LogP contribution in [0.25, 0.3) is 11.6 Å². The van der Waals surface area contributed by atoms with Gasteiger partial charge in [0.25, 0.3) is 0 Å². The lowest BCUT2D eigenvalue weighted by molar-refractivity contribution is 0.566. The molecule has 3 nitrogen and oxygen atoms in total. The van der Waals surface area contributed by atoms with Gasteiger partial charge in [0.1, 0.15) is 0 Å². The molecule has 0 radical (unpaired) electrons. The first kappa shape index (κ1) is 9.21. The van der Waals surface area contributed by atoms with Gasteiger partial charge in [-0.1, -0.05) is 12.2 Å². The third kappa shape index (κ3) is 1.33. The second-order valence-electron chi connectivity index (χ2n) is 3.89. The molecule has 2 aromatic rings. The first-order chi connectivity index (χ1) is 7.86. The van der Waals surface area contributed by atoms with Crippen LogP contribution in [0.2, 0.25) is 0 Å². The molecule has 1 aliphatic carbocycles. The second kappa shape index (κ2) is 3.52. The molecule has 0 aliphatic heterocycles. The Morgan fingerprint density at radius 2 is 2.38 bits per heavy atom. The first-order valence-electron chi connectivity index (χ1n) is 5.30. The molecule has 2 aromatic heterocycles. The quantitative estimate of drug-likeness (QED) is 0.773. The van der Waals surface area contributed by atoms with Gasteiger partial charge >= 0.3 is 0 Å². The zero-order valence-corrected chi connectivity index (χ0v) is 9.03. The lowest BCUT2D eigenvalue weighted by Gasteiger charge is -1.99. The van der Waals surface area contributed by atoms with Crippen molar-refractivity contribution in [3.05, 3.63) is 52.6 Å². The zero-order valence-electron chi connectivity index (χ0n) is 9.03. The number of hydrogen-bond donors (Lipinski definition) is 1. The zero-order chi connectivity index (χ0) is 11.0. The van der Waals surface area contributed by atoms with E-state index in [1.165, 1.54) is 10.8 Å². The number of H-pyrrole nitrogens is 1. The average Bonchev–Trinajstić information content (AvgIpc) is 2.87. The molecule has 0 saturated carbocycles. The van der Waals surface area contributed by atoms with Gasteiger partial charge in [0, 0.05) is 10.8 Å². The van der Waals surface area contributed by atoms with Crippen LogP contribution in [0.1, 0.15) is 17.7 Å². The predicted molar refractivity (Wildman–Crippen MR) is 62.0 cm³/mol. The van der Waals surface area contributed by atoms with Gasteiger partial charge in [-0.05, 0) is 31.1 Å². The van der Waals surface area contributed by atoms with Crippen molar-refractivity contribution < 1.29 is 4.42 Å². The highest BCUT2D eigenvalue weighted by molar-refractivity contribution is 5.67. The van der Waals surface area contributed by atoms with E-state index in [1.54, 1.807) is 12.5 Å². The van der Waals surface area contributed by atoms with Gasteiger partial charge in [0.05, 0.1) is 23.6 Å². The highest BCUT2D eigenvalue weighted by Crippen LogP contribution is 2.16. The largest absolute Gasteiger partial charge is 0.472 e. The molecule has 0 spiro atoms. The highest BCUT2D eigenvalue weighted by atomic mass is 16.3. The van der Waals surface area contributed by atoms with Crippen LogP contribution >= 0.6 is 0 Å². The molecule has 0 amide bonds. The summed E-state index contributed by atoms with van der Waals surface area (Å²) in [5.41, 5.74) is 3.43. The van der Waals surface area contributed by atoms with Crippen LogP contribution in [0.4, 0.5) is 0 Å². The molecule has 16 heavy (non-hydrogen) atoms. The maximum atomic E-state index is 5.15. The molecule has 1 aliphatic rings. The van der Waals surface area contributed by atoms with E-state index in [0.29, 0.717) is 0 Å². The Labute approximate surface area is 92.8 Å². The molecular weight excluding hydrogens is 200 g/mol. The minimum absolute atomic E-state index is 0.906. The Kier molecular flexibility index (Phi) is 2.03. The van der Waals surface area contributed by atoms with E-state index in [2.05, 4.69) is 28.4 Å². The number of aromatic nitrogens is 2. The number of hydrogen-bond acceptors (Lipinski definition) is 2. The number of nitrogens with zero attached hydrogens (tertiary/aromatic N) is 1. The number of furan rings is 1. The van der Waals surface area contributed by atoms with E-state index in [4.69, 9.17) is 4.42 Å². The smallest absolute Gasteiger partial charge is 0.0978 e. The SMILES string of the molecule is Cc1n[nH]c2c1=C(c1ccoc1)CC=CC=2.